The molecule has 9 aromatic carbocycles. The normalized spacial score (nSPS) is 14.1. The first kappa shape index (κ1) is 65.2. The third-order valence-electron chi connectivity index (χ3n) is 20.6. The number of rotatable bonds is 11. The molecule has 7 heteroatoms. The predicted octanol–water partition coefficient (Wildman–Crippen LogP) is 26.4. The van der Waals surface area contributed by atoms with Crippen LogP contribution in [0.1, 0.15) is 206 Å². The Morgan fingerprint density at radius 2 is 1.05 bits per heavy atom. The molecular weight excluding hydrogens is 1380 g/mol. The molecular formula is C90H97N4OPtS-3. The zero-order valence-corrected chi connectivity index (χ0v) is 64.2. The molecule has 13 rings (SSSR count). The SMILES string of the molecule is [2H]c1nc(-n2c3[c-]c(Oc4[c-]c(N5[CH-]N(c6c(-c7cc(C(C)(C)C)cc(C(C)(C)C)c7)cccc6-c6cc(C(C)(C)C)cc(C(C)(C)C)c6)c6ccccc65)cc(-c5c(C([2H])(C)C)cccc5C([2H])(C)C)c4)ccc3c3c4sc5ccccc5c4ccc32)cc(C(C)(C)C(C)(C)C)c1C.[Pt]. The van der Waals surface area contributed by atoms with Crippen molar-refractivity contribution in [2.45, 2.75) is 191 Å². The summed E-state index contributed by atoms with van der Waals surface area (Å²) in [6.07, 6.45) is 0.239. The van der Waals surface area contributed by atoms with Gasteiger partial charge in [-0.25, -0.2) is 4.98 Å². The van der Waals surface area contributed by atoms with E-state index in [1.54, 1.807) is 11.3 Å². The number of pyridine rings is 1. The molecule has 0 atom stereocenters. The Balaban J connectivity index is 0.00000948. The van der Waals surface area contributed by atoms with Crippen molar-refractivity contribution < 1.29 is 29.9 Å². The average molecular weight is 1480 g/mol. The summed E-state index contributed by atoms with van der Waals surface area (Å²) in [6.45, 7) is 51.0. The van der Waals surface area contributed by atoms with Crippen molar-refractivity contribution in [1.82, 2.24) is 9.55 Å². The molecule has 5 nitrogen and oxygen atoms in total. The van der Waals surface area contributed by atoms with Crippen LogP contribution in [-0.2, 0) is 48.1 Å². The Morgan fingerprint density at radius 3 is 1.60 bits per heavy atom. The van der Waals surface area contributed by atoms with Crippen LogP contribution in [0.15, 0.2) is 170 Å². The topological polar surface area (TPSA) is 33.5 Å². The van der Waals surface area contributed by atoms with E-state index < -0.39 is 11.8 Å². The van der Waals surface area contributed by atoms with Gasteiger partial charge in [-0.1, -0.05) is 260 Å². The smallest absolute Gasteiger partial charge is 0.135 e. The fraction of sp³-hybridized carbons (Fsp3) is 0.333. The molecule has 0 spiro atoms. The van der Waals surface area contributed by atoms with Gasteiger partial charge in [0.15, 0.2) is 0 Å². The van der Waals surface area contributed by atoms with Crippen molar-refractivity contribution in [3.63, 3.8) is 0 Å². The van der Waals surface area contributed by atoms with Gasteiger partial charge < -0.3 is 19.1 Å². The summed E-state index contributed by atoms with van der Waals surface area (Å²) < 4.78 is 41.0. The molecule has 97 heavy (non-hydrogen) atoms. The van der Waals surface area contributed by atoms with Crippen LogP contribution in [0.5, 0.6) is 11.5 Å². The minimum Gasteiger partial charge on any atom is -0.509 e. The Morgan fingerprint density at radius 1 is 0.526 bits per heavy atom. The van der Waals surface area contributed by atoms with E-state index in [-0.39, 0.29) is 59.7 Å². The number of nitrogens with zero attached hydrogens (tertiary/aromatic N) is 4. The molecule has 0 N–H and O–H groups in total. The first-order valence-corrected chi connectivity index (χ1v) is 35.1. The molecule has 0 aliphatic carbocycles. The van der Waals surface area contributed by atoms with E-state index in [0.717, 1.165) is 94.5 Å². The van der Waals surface area contributed by atoms with Gasteiger partial charge in [0.2, 0.25) is 0 Å². The van der Waals surface area contributed by atoms with E-state index in [0.29, 0.717) is 23.0 Å². The van der Waals surface area contributed by atoms with Gasteiger partial charge in [-0.05, 0) is 148 Å². The number of anilines is 4. The molecule has 0 radical (unpaired) electrons. The third-order valence-corrected chi connectivity index (χ3v) is 21.8. The third kappa shape index (κ3) is 12.6. The Labute approximate surface area is 601 Å². The zero-order chi connectivity index (χ0) is 71.4. The molecule has 0 saturated heterocycles. The number of aromatic nitrogens is 2. The van der Waals surface area contributed by atoms with Crippen LogP contribution in [0.2, 0.25) is 0 Å². The van der Waals surface area contributed by atoms with Crippen molar-refractivity contribution in [2.24, 2.45) is 5.41 Å². The van der Waals surface area contributed by atoms with Crippen molar-refractivity contribution in [2.75, 3.05) is 9.80 Å². The van der Waals surface area contributed by atoms with Gasteiger partial charge in [0, 0.05) is 95.4 Å². The minimum absolute atomic E-state index is 0. The van der Waals surface area contributed by atoms with Crippen LogP contribution in [0, 0.1) is 31.1 Å². The van der Waals surface area contributed by atoms with Crippen LogP contribution in [0.4, 0.5) is 22.7 Å². The molecule has 1 aliphatic rings. The summed E-state index contributed by atoms with van der Waals surface area (Å²) in [5, 5.41) is 4.49. The summed E-state index contributed by atoms with van der Waals surface area (Å²) in [5.74, 6) is -0.554. The van der Waals surface area contributed by atoms with E-state index in [1.165, 1.54) is 42.4 Å². The number of fused-ring (bicyclic) bond motifs is 8. The second-order valence-electron chi connectivity index (χ2n) is 33.1. The number of hydrogen-bond acceptors (Lipinski definition) is 5. The molecule has 4 heterocycles. The number of ether oxygens (including phenoxy) is 1. The van der Waals surface area contributed by atoms with E-state index in [9.17, 15) is 4.11 Å². The van der Waals surface area contributed by atoms with E-state index in [4.69, 9.17) is 9.72 Å². The van der Waals surface area contributed by atoms with Gasteiger partial charge in [0.25, 0.3) is 0 Å². The van der Waals surface area contributed by atoms with E-state index >= 15 is 0 Å². The number of hydrogen-bond donors (Lipinski definition) is 0. The maximum absolute atomic E-state index is 9.76. The standard InChI is InChI=1S/C90H97N4OS.Pt/c1-54(2)67-30-27-31-68(55(3)4)81(67)59-45-64(49-66(46-59)95-65-37-38-73-78(50-65)94(80-51-74(56(5)52-91-80)90(21,22)89(18,19)20)77-40-39-72-71-29-23-26-36-79(71)96-84(72)82(73)77)92-53-93(76-35-25-24-34-75(76)92)83-69(57-41-60(85(6,7)8)47-61(42-57)86(9,10)11)32-28-33-70(83)58-43-62(87(12,13)14)48-63(44-58)88(15,16)17;/h23-48,51-55H,1-22H3;/q-3;/i52D,54D,55D;. The molecule has 1 aliphatic heterocycles. The Kier molecular flexibility index (Phi) is 16.7. The molecule has 0 saturated carbocycles. The summed E-state index contributed by atoms with van der Waals surface area (Å²) in [7, 11) is 0. The van der Waals surface area contributed by atoms with E-state index in [1.807, 2.05) is 65.0 Å². The summed E-state index contributed by atoms with van der Waals surface area (Å²) in [6, 6.07) is 67.4. The second-order valence-corrected chi connectivity index (χ2v) is 34.1. The Hall–Kier alpha value is -7.76. The molecule has 0 amide bonds. The quantitative estimate of drug-likeness (QED) is 0.121. The average Bonchev–Trinajstić information content (AvgIpc) is 1.56. The van der Waals surface area contributed by atoms with Crippen molar-refractivity contribution in [3.05, 3.63) is 233 Å². The minimum atomic E-state index is -1.05. The fourth-order valence-corrected chi connectivity index (χ4v) is 15.1. The van der Waals surface area contributed by atoms with Crippen LogP contribution >= 0.6 is 11.3 Å². The summed E-state index contributed by atoms with van der Waals surface area (Å²) in [4.78, 5) is 9.77. The van der Waals surface area contributed by atoms with E-state index in [2.05, 4.69) is 284 Å². The van der Waals surface area contributed by atoms with Gasteiger partial charge in [-0.15, -0.1) is 65.0 Å². The molecule has 0 fully saturated rings. The monoisotopic (exact) mass is 1480 g/mol. The van der Waals surface area contributed by atoms with Crippen molar-refractivity contribution >= 4 is 76.1 Å². The number of benzene rings is 9. The molecule has 0 unspecified atom stereocenters. The van der Waals surface area contributed by atoms with Crippen LogP contribution in [0.3, 0.4) is 0 Å². The molecule has 0 bridgehead atoms. The number of thiophene rings is 1. The second kappa shape index (κ2) is 24.9. The first-order chi connectivity index (χ1) is 46.1. The van der Waals surface area contributed by atoms with Gasteiger partial charge >= 0.3 is 0 Å². The van der Waals surface area contributed by atoms with Crippen LogP contribution < -0.4 is 14.5 Å². The maximum atomic E-state index is 9.76. The number of para-hydroxylation sites is 3. The van der Waals surface area contributed by atoms with Gasteiger partial charge in [0.05, 0.1) is 1.37 Å². The maximum Gasteiger partial charge on any atom is 0.135 e. The van der Waals surface area contributed by atoms with Crippen LogP contribution in [0.25, 0.3) is 81.2 Å². The van der Waals surface area contributed by atoms with Gasteiger partial charge in [-0.2, -0.15) is 6.07 Å². The molecule has 502 valence electrons. The summed E-state index contributed by atoms with van der Waals surface area (Å²) in [5.41, 5.74) is 19.2. The Bertz CT molecular complexity index is 5020. The van der Waals surface area contributed by atoms with Gasteiger partial charge in [0.1, 0.15) is 5.82 Å². The van der Waals surface area contributed by atoms with Crippen molar-refractivity contribution in [1.29, 1.82) is 0 Å². The molecule has 12 aromatic rings. The predicted molar refractivity (Wildman–Crippen MR) is 414 cm³/mol. The van der Waals surface area contributed by atoms with Crippen LogP contribution in [-0.4, -0.2) is 9.55 Å². The first-order valence-electron chi connectivity index (χ1n) is 35.8. The van der Waals surface area contributed by atoms with Gasteiger partial charge in [-0.3, -0.25) is 0 Å². The summed E-state index contributed by atoms with van der Waals surface area (Å²) >= 11 is 1.80. The molecule has 3 aromatic heterocycles. The van der Waals surface area contributed by atoms with Crippen molar-refractivity contribution in [3.8, 4) is 50.7 Å². The zero-order valence-electron chi connectivity index (χ0n) is 64.1. The largest absolute Gasteiger partial charge is 0.509 e. The fourth-order valence-electron chi connectivity index (χ4n) is 13.8.